The molecule has 0 fully saturated rings. The van der Waals surface area contributed by atoms with E-state index in [2.05, 4.69) is 45.0 Å². The van der Waals surface area contributed by atoms with Gasteiger partial charge in [-0.2, -0.15) is 0 Å². The molecular formula is C59H55N3O. The molecule has 0 bridgehead atoms. The molecule has 0 aliphatic carbocycles. The summed E-state index contributed by atoms with van der Waals surface area (Å²) in [6.45, 7) is -0.790. The van der Waals surface area contributed by atoms with Crippen LogP contribution in [0.15, 0.2) is 176 Å². The molecule has 0 unspecified atom stereocenters. The molecule has 1 N–H and O–H groups in total. The van der Waals surface area contributed by atoms with E-state index in [9.17, 15) is 5.11 Å². The second-order valence-corrected chi connectivity index (χ2v) is 17.4. The Bertz CT molecular complexity index is 3460. The molecule has 4 heteroatoms. The van der Waals surface area contributed by atoms with Crippen molar-refractivity contribution in [1.29, 1.82) is 0 Å². The van der Waals surface area contributed by atoms with Gasteiger partial charge in [0.05, 0.1) is 28.0 Å². The predicted molar refractivity (Wildman–Crippen MR) is 265 cm³/mol. The van der Waals surface area contributed by atoms with Crippen LogP contribution in [0.4, 0.5) is 0 Å². The summed E-state index contributed by atoms with van der Waals surface area (Å²) in [6.07, 6.45) is 1.78. The van der Waals surface area contributed by atoms with Crippen LogP contribution in [0.1, 0.15) is 91.5 Å². The topological polar surface area (TPSA) is 50.9 Å². The van der Waals surface area contributed by atoms with Gasteiger partial charge >= 0.3 is 0 Å². The summed E-state index contributed by atoms with van der Waals surface area (Å²) in [4.78, 5) is 10.2. The minimum absolute atomic E-state index is 0.0697. The molecule has 0 aliphatic rings. The van der Waals surface area contributed by atoms with Gasteiger partial charge in [0, 0.05) is 36.6 Å². The second kappa shape index (κ2) is 16.3. The summed E-state index contributed by atoms with van der Waals surface area (Å²) in [6, 6.07) is 53.9. The number of para-hydroxylation sites is 2. The van der Waals surface area contributed by atoms with Crippen molar-refractivity contribution in [3.63, 3.8) is 0 Å². The maximum Gasteiger partial charge on any atom is 0.149 e. The third-order valence-electron chi connectivity index (χ3n) is 11.8. The number of hydrogen-bond acceptors (Lipinski definition) is 3. The lowest BCUT2D eigenvalue weighted by molar-refractivity contribution is 0.448. The highest BCUT2D eigenvalue weighted by atomic mass is 16.3. The van der Waals surface area contributed by atoms with Crippen LogP contribution in [0, 0.1) is 0 Å². The van der Waals surface area contributed by atoms with E-state index in [-0.39, 0.29) is 16.8 Å². The quantitative estimate of drug-likeness (QED) is 0.166. The van der Waals surface area contributed by atoms with Crippen molar-refractivity contribution >= 4 is 11.0 Å². The summed E-state index contributed by atoms with van der Waals surface area (Å²) in [5.74, 6) is -1.45. The van der Waals surface area contributed by atoms with Gasteiger partial charge in [0.2, 0.25) is 0 Å². The first-order chi connectivity index (χ1) is 34.3. The van der Waals surface area contributed by atoms with E-state index >= 15 is 0 Å². The normalized spacial score (nSPS) is 15.1. The average Bonchev–Trinajstić information content (AvgIpc) is 3.72. The molecule has 0 radical (unpaired) electrons. The van der Waals surface area contributed by atoms with Crippen molar-refractivity contribution in [2.75, 3.05) is 0 Å². The number of aromatic hydroxyl groups is 1. The van der Waals surface area contributed by atoms with Gasteiger partial charge in [-0.3, -0.25) is 9.55 Å². The number of rotatable bonds is 8. The molecule has 7 aromatic carbocycles. The predicted octanol–water partition coefficient (Wildman–Crippen LogP) is 15.8. The minimum Gasteiger partial charge on any atom is -0.507 e. The summed E-state index contributed by atoms with van der Waals surface area (Å²) in [7, 11) is 0. The number of phenolic OH excluding ortho intramolecular Hbond substituents is 1. The van der Waals surface area contributed by atoms with Gasteiger partial charge in [0.1, 0.15) is 11.6 Å². The van der Waals surface area contributed by atoms with Crippen molar-refractivity contribution < 1.29 is 18.8 Å². The number of imidazole rings is 1. The number of nitrogens with zero attached hydrogens (tertiary/aromatic N) is 3. The molecular weight excluding hydrogens is 767 g/mol. The molecule has 0 aliphatic heterocycles. The Morgan fingerprint density at radius 2 is 1.21 bits per heavy atom. The number of hydrogen-bond donors (Lipinski definition) is 1. The number of aromatic nitrogens is 3. The molecule has 9 rings (SSSR count). The second-order valence-electron chi connectivity index (χ2n) is 17.4. The summed E-state index contributed by atoms with van der Waals surface area (Å²) < 4.78 is 87.4. The number of phenols is 1. The van der Waals surface area contributed by atoms with Crippen LogP contribution in [0.3, 0.4) is 0 Å². The van der Waals surface area contributed by atoms with E-state index in [1.54, 1.807) is 6.20 Å². The smallest absolute Gasteiger partial charge is 0.149 e. The maximum absolute atomic E-state index is 12.5. The highest BCUT2D eigenvalue weighted by Crippen LogP contribution is 2.44. The Kier molecular flexibility index (Phi) is 8.02. The van der Waals surface area contributed by atoms with E-state index in [1.807, 2.05) is 146 Å². The third-order valence-corrected chi connectivity index (χ3v) is 11.8. The van der Waals surface area contributed by atoms with Crippen molar-refractivity contribution in [3.8, 4) is 78.6 Å². The van der Waals surface area contributed by atoms with Gasteiger partial charge in [-0.1, -0.05) is 170 Å². The standard InChI is InChI=1S/C59H55N3O/c1-38(2)39-25-27-41(28-26-39)43-31-32-60-52(36-43)46-34-44(40-17-11-9-12-18-40)33-45(35-46)48-21-16-24-54-55(48)61-57(49-22-15-23-51(56(49)63)59(6,7)8)62(54)53-30-29-47(58(3,4)5)37-50(53)42-19-13-10-14-20-42/h9-38,63H,1-8H3/i6D3,7D3,8D3,38D. The fourth-order valence-electron chi connectivity index (χ4n) is 8.32. The molecule has 2 heterocycles. The van der Waals surface area contributed by atoms with Crippen LogP contribution >= 0.6 is 0 Å². The first-order valence-corrected chi connectivity index (χ1v) is 21.1. The molecule has 9 aromatic rings. The minimum atomic E-state index is -3.63. The molecule has 0 saturated heterocycles. The summed E-state index contributed by atoms with van der Waals surface area (Å²) >= 11 is 0. The maximum atomic E-state index is 12.5. The Morgan fingerprint density at radius 3 is 1.90 bits per heavy atom. The number of benzene rings is 7. The van der Waals surface area contributed by atoms with Crippen LogP contribution < -0.4 is 0 Å². The molecule has 0 saturated carbocycles. The van der Waals surface area contributed by atoms with Gasteiger partial charge in [-0.05, 0) is 121 Å². The van der Waals surface area contributed by atoms with Crippen LogP contribution in [0.25, 0.3) is 83.9 Å². The molecule has 312 valence electrons. The first-order valence-electron chi connectivity index (χ1n) is 26.1. The molecule has 0 atom stereocenters. The highest BCUT2D eigenvalue weighted by molar-refractivity contribution is 5.98. The molecule has 4 nitrogen and oxygen atoms in total. The molecule has 63 heavy (non-hydrogen) atoms. The van der Waals surface area contributed by atoms with Gasteiger partial charge < -0.3 is 5.11 Å². The lowest BCUT2D eigenvalue weighted by Crippen LogP contribution is -2.12. The zero-order valence-corrected chi connectivity index (χ0v) is 36.0. The molecule has 0 amide bonds. The van der Waals surface area contributed by atoms with E-state index in [1.165, 1.54) is 12.1 Å². The monoisotopic (exact) mass is 831 g/mol. The average molecular weight is 832 g/mol. The van der Waals surface area contributed by atoms with E-state index in [4.69, 9.17) is 23.7 Å². The van der Waals surface area contributed by atoms with Gasteiger partial charge in [-0.25, -0.2) is 4.98 Å². The zero-order chi connectivity index (χ0) is 52.5. The largest absolute Gasteiger partial charge is 0.507 e. The third kappa shape index (κ3) is 8.10. The van der Waals surface area contributed by atoms with Crippen molar-refractivity contribution in [2.45, 2.75) is 71.9 Å². The summed E-state index contributed by atoms with van der Waals surface area (Å²) in [5, 5.41) is 12.5. The Morgan fingerprint density at radius 1 is 0.556 bits per heavy atom. The van der Waals surface area contributed by atoms with E-state index in [0.717, 1.165) is 61.7 Å². The lowest BCUT2D eigenvalue weighted by Gasteiger charge is -2.24. The molecule has 2 aromatic heterocycles. The Balaban J connectivity index is 1.35. The van der Waals surface area contributed by atoms with Crippen molar-refractivity contribution in [2.24, 2.45) is 0 Å². The van der Waals surface area contributed by atoms with Gasteiger partial charge in [-0.15, -0.1) is 0 Å². The summed E-state index contributed by atoms with van der Waals surface area (Å²) in [5.41, 5.74) is 7.61. The number of fused-ring (bicyclic) bond motifs is 1. The van der Waals surface area contributed by atoms with Crippen LogP contribution in [-0.2, 0) is 10.8 Å². The fourth-order valence-corrected chi connectivity index (χ4v) is 8.32. The van der Waals surface area contributed by atoms with Crippen molar-refractivity contribution in [3.05, 3.63) is 193 Å². The Labute approximate surface area is 386 Å². The highest BCUT2D eigenvalue weighted by Gasteiger charge is 2.27. The zero-order valence-electron chi connectivity index (χ0n) is 46.0. The van der Waals surface area contributed by atoms with Gasteiger partial charge in [0.25, 0.3) is 0 Å². The fraction of sp³-hybridized carbons (Fsp3) is 0.186. The lowest BCUT2D eigenvalue weighted by atomic mass is 9.84. The Hall–Kier alpha value is -7.04. The van der Waals surface area contributed by atoms with Gasteiger partial charge in [0.15, 0.2) is 0 Å². The van der Waals surface area contributed by atoms with Crippen molar-refractivity contribution in [1.82, 2.24) is 14.5 Å². The number of pyridine rings is 1. The van der Waals surface area contributed by atoms with E-state index < -0.39 is 43.2 Å². The van der Waals surface area contributed by atoms with Crippen LogP contribution in [-0.4, -0.2) is 19.6 Å². The first kappa shape index (κ1) is 30.9. The van der Waals surface area contributed by atoms with Crippen LogP contribution in [0.2, 0.25) is 0 Å². The van der Waals surface area contributed by atoms with Crippen LogP contribution in [0.5, 0.6) is 5.75 Å². The van der Waals surface area contributed by atoms with E-state index in [0.29, 0.717) is 28.0 Å². The SMILES string of the molecule is [2H]C(C)(C)c1ccc(-c2ccnc(-c3cc(-c4ccccc4)cc(-c4cccc5c4nc(-c4cccc(C(C([2H])([2H])[2H])(C([2H])([2H])[2H])C([2H])([2H])[2H])c4O)n5-c4ccc(C(C)(C)C)cc4-c4ccccc4)c3)c2)cc1. The molecule has 0 spiro atoms.